The molecule has 0 aliphatic carbocycles. The fourth-order valence-corrected chi connectivity index (χ4v) is 40.8. The summed E-state index contributed by atoms with van der Waals surface area (Å²) < 4.78 is 34.4. The molecule has 3 aromatic carbocycles. The average molecular weight is 1850 g/mol. The van der Waals surface area contributed by atoms with Crippen LogP contribution in [-0.4, -0.2) is 108 Å². The topological polar surface area (TPSA) is 186 Å². The molecule has 8 amide bonds. The van der Waals surface area contributed by atoms with Crippen LogP contribution < -0.4 is 2.89 Å². The molecule has 0 spiro atoms. The number of ether oxygens (including phenoxy) is 4. The third-order valence-electron chi connectivity index (χ3n) is 17.9. The molecule has 0 atom stereocenters. The number of hydrogen-bond acceptors (Lipinski definition) is 19. The van der Waals surface area contributed by atoms with Gasteiger partial charge < -0.3 is 18.9 Å². The molecule has 10 aromatic rings. The Morgan fingerprint density at radius 1 is 0.336 bits per heavy atom. The van der Waals surface area contributed by atoms with Gasteiger partial charge in [0.15, 0.2) is 0 Å². The van der Waals surface area contributed by atoms with Gasteiger partial charge in [0.25, 0.3) is 23.6 Å². The molecule has 574 valence electrons. The molecule has 4 aliphatic rings. The van der Waals surface area contributed by atoms with E-state index in [1.165, 1.54) is 94.0 Å². The second-order valence-corrected chi connectivity index (χ2v) is 55.5. The van der Waals surface area contributed by atoms with Crippen molar-refractivity contribution in [1.82, 2.24) is 19.6 Å². The van der Waals surface area contributed by atoms with Crippen LogP contribution in [0.5, 0.6) is 0 Å². The second kappa shape index (κ2) is 33.1. The molecule has 4 aliphatic heterocycles. The molecule has 0 saturated carbocycles. The summed E-state index contributed by atoms with van der Waals surface area (Å²) in [4.78, 5) is 121. The zero-order valence-corrected chi connectivity index (χ0v) is 75.7. The van der Waals surface area contributed by atoms with Crippen LogP contribution in [0, 0.1) is 0 Å². The quantitative estimate of drug-likeness (QED) is 0.0659. The summed E-state index contributed by atoms with van der Waals surface area (Å²) in [7, 11) is 0. The van der Waals surface area contributed by atoms with E-state index in [0.29, 0.717) is 19.5 Å². The first-order valence-corrected chi connectivity index (χ1v) is 51.3. The normalized spacial score (nSPS) is 14.9. The van der Waals surface area contributed by atoms with Gasteiger partial charge in [-0.3, -0.25) is 19.2 Å². The molecule has 110 heavy (non-hydrogen) atoms. The van der Waals surface area contributed by atoms with Crippen LogP contribution in [0.25, 0.3) is 72.6 Å². The first-order valence-electron chi connectivity index (χ1n) is 36.5. The fraction of sp³-hybridized carbons (Fsp3) is 0.333. The number of nitrogens with zero attached hydrogens (tertiary/aromatic N) is 4. The summed E-state index contributed by atoms with van der Waals surface area (Å²) in [6.07, 6.45) is 4.81. The predicted molar refractivity (Wildman–Crippen MR) is 461 cm³/mol. The number of fused-ring (bicyclic) bond motifs is 5. The van der Waals surface area contributed by atoms with E-state index in [0.717, 1.165) is 66.9 Å². The van der Waals surface area contributed by atoms with Crippen molar-refractivity contribution in [2.24, 2.45) is 0 Å². The van der Waals surface area contributed by atoms with Crippen molar-refractivity contribution in [2.75, 3.05) is 0 Å². The summed E-state index contributed by atoms with van der Waals surface area (Å²) in [5.74, 6) is -3.00. The summed E-state index contributed by atoms with van der Waals surface area (Å²) in [5.41, 5.74) is -3.51. The molecule has 14 rings (SSSR count). The summed E-state index contributed by atoms with van der Waals surface area (Å²) in [6, 6.07) is 46.3. The zero-order valence-electron chi connectivity index (χ0n) is 63.9. The fourth-order valence-electron chi connectivity index (χ4n) is 13.3. The number of imide groups is 4. The maximum absolute atomic E-state index is 14.7. The Morgan fingerprint density at radius 2 is 0.600 bits per heavy atom. The average Bonchev–Trinajstić information content (AvgIpc) is 1.55. The number of thiophene rings is 7. The Hall–Kier alpha value is -7.18. The summed E-state index contributed by atoms with van der Waals surface area (Å²) >= 11 is 15.2. The Kier molecular flexibility index (Phi) is 24.8. The molecule has 0 unspecified atom stereocenters. The molecule has 0 fully saturated rings. The van der Waals surface area contributed by atoms with Crippen LogP contribution in [0.3, 0.4) is 0 Å². The van der Waals surface area contributed by atoms with Crippen molar-refractivity contribution >= 4 is 234 Å². The van der Waals surface area contributed by atoms with E-state index < -0.39 is 88.8 Å². The maximum atomic E-state index is 14.7. The van der Waals surface area contributed by atoms with Crippen LogP contribution >= 0.6 is 111 Å². The van der Waals surface area contributed by atoms with Gasteiger partial charge in [-0.05, 0) is 199 Å². The van der Waals surface area contributed by atoms with E-state index in [-0.39, 0.29) is 45.1 Å². The Bertz CT molecular complexity index is 5030. The third-order valence-corrected chi connectivity index (χ3v) is 45.3. The SMILES string of the molecule is CC(C)(C)OC(=O)N1C(=O)C2=C(c3ccc(-c4cc5ccccc5s4)s3)N(C(=O)OC(C)(C)C)C(=O)C2=C1c1ccc(-c2cc3ccccc3s2)s1.CC(C)(C)OC(=O)N1C(=O)C2=C(c3ccc(Br)s3)N(C(=O)OC(C)(C)C)C(=O)C2=C1c1ccc(Br)s1.CCC[CH2][Sn]([CH2]CCC)([CH2]CCC)[c]1cc2ccccc2s1. The Balaban J connectivity index is 0.000000168. The number of carbonyl (C=O) groups excluding carboxylic acids is 8. The van der Waals surface area contributed by atoms with Gasteiger partial charge in [-0.2, -0.15) is 0 Å². The Morgan fingerprint density at radius 3 is 0.864 bits per heavy atom. The van der Waals surface area contributed by atoms with Crippen molar-refractivity contribution in [3.05, 3.63) is 189 Å². The van der Waals surface area contributed by atoms with Gasteiger partial charge in [0.2, 0.25) is 0 Å². The van der Waals surface area contributed by atoms with Gasteiger partial charge in [0.1, 0.15) is 22.4 Å². The van der Waals surface area contributed by atoms with Crippen molar-refractivity contribution < 1.29 is 57.3 Å². The molecule has 7 aromatic heterocycles. The molecule has 0 radical (unpaired) electrons. The molecular formula is C84H86Br2N4O12S7Sn. The minimum absolute atomic E-state index is 0.0433. The van der Waals surface area contributed by atoms with E-state index in [1.54, 1.807) is 155 Å². The number of halogens is 2. The predicted octanol–water partition coefficient (Wildman–Crippen LogP) is 25.2. The van der Waals surface area contributed by atoms with Crippen LogP contribution in [0.2, 0.25) is 13.3 Å². The van der Waals surface area contributed by atoms with Gasteiger partial charge in [-0.15, -0.1) is 68.0 Å². The Labute approximate surface area is 690 Å². The number of carbonyl (C=O) groups is 8. The van der Waals surface area contributed by atoms with Gasteiger partial charge in [0.05, 0.1) is 72.2 Å². The van der Waals surface area contributed by atoms with Crippen molar-refractivity contribution in [3.63, 3.8) is 0 Å². The molecule has 16 nitrogen and oxygen atoms in total. The first-order chi connectivity index (χ1) is 52.0. The van der Waals surface area contributed by atoms with Crippen LogP contribution in [0.1, 0.15) is 162 Å². The third kappa shape index (κ3) is 17.6. The first kappa shape index (κ1) is 82.3. The molecule has 11 heterocycles. The van der Waals surface area contributed by atoms with Crippen molar-refractivity contribution in [2.45, 2.75) is 178 Å². The van der Waals surface area contributed by atoms with Crippen LogP contribution in [0.15, 0.2) is 169 Å². The van der Waals surface area contributed by atoms with E-state index in [4.69, 9.17) is 18.9 Å². The number of benzene rings is 3. The summed E-state index contributed by atoms with van der Waals surface area (Å²) in [5, 5.41) is 3.70. The molecule has 0 bridgehead atoms. The number of rotatable bonds is 16. The van der Waals surface area contributed by atoms with E-state index in [1.807, 2.05) is 51.4 Å². The second-order valence-electron chi connectivity index (χ2n) is 30.9. The minimum atomic E-state index is -2.19. The van der Waals surface area contributed by atoms with E-state index in [2.05, 4.69) is 119 Å². The number of amides is 8. The van der Waals surface area contributed by atoms with Gasteiger partial charge in [0, 0.05) is 28.9 Å². The standard InChI is InChI=1S/C40H32N2O6S4.C24H22Br2N2O6S2.C8H5S.3C4H9.Sn/c1-39(2,3)47-37(45)41-33(27-17-15-25(51-27)29-19-21-11-7-9-13-23(21)49-29)31-32(35(41)43)34(42(36(31)44)38(46)48-40(4,5)6)28-18-16-26(52-28)30-20-22-12-8-10-14-24(22)50-30;1-23(2,3)33-21(31)27-17(11-7-9-13(25)35-11)15-16(19(27)29)18(12-8-10-14(26)36-12)28(20(15)30)22(32)34-24(4,5)6;1-2-4-8-7(3-1)5-6-9-8;3*1-3-4-2;/h7-20H,1-6H3;7-10H,1-6H3;1-5H;3*1,3-4H2,2H3;. The van der Waals surface area contributed by atoms with Gasteiger partial charge in [-0.25, -0.2) is 38.8 Å². The van der Waals surface area contributed by atoms with Crippen molar-refractivity contribution in [3.8, 4) is 19.5 Å². The number of hydrogen-bond donors (Lipinski definition) is 0. The summed E-state index contributed by atoms with van der Waals surface area (Å²) in [6.45, 7) is 27.5. The molecular weight excluding hydrogens is 1760 g/mol. The van der Waals surface area contributed by atoms with Crippen molar-refractivity contribution in [1.29, 1.82) is 0 Å². The van der Waals surface area contributed by atoms with Crippen LogP contribution in [-0.2, 0) is 38.1 Å². The van der Waals surface area contributed by atoms with E-state index in [9.17, 15) is 38.4 Å². The number of unbranched alkanes of at least 4 members (excludes halogenated alkanes) is 3. The monoisotopic (exact) mass is 1840 g/mol. The van der Waals surface area contributed by atoms with Gasteiger partial charge >= 0.3 is 170 Å². The molecule has 26 heteroatoms. The van der Waals surface area contributed by atoms with E-state index >= 15 is 0 Å². The molecule has 0 saturated heterocycles. The van der Waals surface area contributed by atoms with Gasteiger partial charge in [-0.1, -0.05) is 36.4 Å². The molecule has 0 N–H and O–H groups in total. The van der Waals surface area contributed by atoms with Crippen LogP contribution in [0.4, 0.5) is 19.2 Å². The zero-order chi connectivity index (χ0) is 79.3.